The predicted molar refractivity (Wildman–Crippen MR) is 72.2 cm³/mol. The van der Waals surface area contributed by atoms with Crippen molar-refractivity contribution >= 4 is 5.91 Å². The number of fused-ring (bicyclic) bond motifs is 1. The second-order valence-corrected chi connectivity index (χ2v) is 4.81. The van der Waals surface area contributed by atoms with E-state index in [2.05, 4.69) is 10.2 Å². The van der Waals surface area contributed by atoms with Crippen molar-refractivity contribution in [2.24, 2.45) is 5.73 Å². The van der Waals surface area contributed by atoms with Crippen LogP contribution in [0.1, 0.15) is 11.3 Å². The molecule has 0 aliphatic carbocycles. The predicted octanol–water partition coefficient (Wildman–Crippen LogP) is 1.06. The molecule has 20 heavy (non-hydrogen) atoms. The molecule has 6 heteroatoms. The van der Waals surface area contributed by atoms with Crippen molar-refractivity contribution in [1.82, 2.24) is 15.1 Å². The first-order valence-corrected chi connectivity index (χ1v) is 6.49. The van der Waals surface area contributed by atoms with Gasteiger partial charge in [-0.05, 0) is 12.1 Å². The third kappa shape index (κ3) is 2.18. The van der Waals surface area contributed by atoms with Gasteiger partial charge in [-0.2, -0.15) is 5.10 Å². The van der Waals surface area contributed by atoms with Gasteiger partial charge in [0, 0.05) is 36.3 Å². The van der Waals surface area contributed by atoms with Gasteiger partial charge in [-0.3, -0.25) is 9.89 Å². The van der Waals surface area contributed by atoms with E-state index in [1.54, 1.807) is 11.0 Å². The Morgan fingerprint density at radius 1 is 1.50 bits per heavy atom. The maximum atomic E-state index is 13.3. The highest BCUT2D eigenvalue weighted by molar-refractivity contribution is 5.78. The first-order valence-electron chi connectivity index (χ1n) is 6.49. The minimum atomic E-state index is -0.301. The third-order valence-corrected chi connectivity index (χ3v) is 3.56. The Balaban J connectivity index is 1.97. The van der Waals surface area contributed by atoms with Crippen LogP contribution in [0.3, 0.4) is 0 Å². The number of halogens is 1. The van der Waals surface area contributed by atoms with E-state index < -0.39 is 0 Å². The van der Waals surface area contributed by atoms with Gasteiger partial charge >= 0.3 is 0 Å². The van der Waals surface area contributed by atoms with E-state index in [4.69, 9.17) is 5.73 Å². The largest absolute Gasteiger partial charge is 0.337 e. The average molecular weight is 274 g/mol. The van der Waals surface area contributed by atoms with Crippen LogP contribution in [0.5, 0.6) is 0 Å². The fraction of sp³-hybridized carbons (Fsp3) is 0.286. The number of nitrogens with two attached hydrogens (primary N) is 1. The minimum Gasteiger partial charge on any atom is -0.337 e. The zero-order valence-electron chi connectivity index (χ0n) is 10.9. The second kappa shape index (κ2) is 5.05. The van der Waals surface area contributed by atoms with Gasteiger partial charge in [0.1, 0.15) is 5.82 Å². The normalized spacial score (nSPS) is 14.2. The topological polar surface area (TPSA) is 75.0 Å². The molecule has 5 nitrogen and oxygen atoms in total. The summed E-state index contributed by atoms with van der Waals surface area (Å²) < 4.78 is 13.3. The summed E-state index contributed by atoms with van der Waals surface area (Å²) in [7, 11) is 0. The number of H-pyrrole nitrogens is 1. The standard InChI is InChI=1S/C14H15FN4O/c15-10-3-1-2-9(6-10)14-11-8-19(13(20)7-16)5-4-12(11)17-18-14/h1-3,6H,4-5,7-8,16H2,(H,17,18). The number of benzene rings is 1. The zero-order chi connectivity index (χ0) is 14.1. The molecule has 0 spiro atoms. The van der Waals surface area contributed by atoms with Crippen molar-refractivity contribution in [1.29, 1.82) is 0 Å². The Bertz CT molecular complexity index is 652. The monoisotopic (exact) mass is 274 g/mol. The lowest BCUT2D eigenvalue weighted by molar-refractivity contribution is -0.130. The first-order chi connectivity index (χ1) is 9.69. The average Bonchev–Trinajstić information content (AvgIpc) is 2.89. The number of rotatable bonds is 2. The molecule has 1 aliphatic heterocycles. The number of nitrogens with one attached hydrogen (secondary N) is 1. The number of aromatic nitrogens is 2. The molecule has 2 aromatic rings. The van der Waals surface area contributed by atoms with Crippen LogP contribution < -0.4 is 5.73 Å². The summed E-state index contributed by atoms with van der Waals surface area (Å²) in [4.78, 5) is 13.4. The van der Waals surface area contributed by atoms with E-state index in [-0.39, 0.29) is 18.3 Å². The SMILES string of the molecule is NCC(=O)N1CCc2[nH]nc(-c3cccc(F)c3)c2C1. The number of nitrogens with zero attached hydrogens (tertiary/aromatic N) is 2. The van der Waals surface area contributed by atoms with Crippen molar-refractivity contribution in [3.8, 4) is 11.3 Å². The van der Waals surface area contributed by atoms with Crippen molar-refractivity contribution in [2.45, 2.75) is 13.0 Å². The summed E-state index contributed by atoms with van der Waals surface area (Å²) in [6.45, 7) is 1.10. The number of carbonyl (C=O) groups excluding carboxylic acids is 1. The highest BCUT2D eigenvalue weighted by Crippen LogP contribution is 2.28. The van der Waals surface area contributed by atoms with Gasteiger partial charge in [0.05, 0.1) is 12.2 Å². The summed E-state index contributed by atoms with van der Waals surface area (Å²) in [5.41, 5.74) is 8.77. The van der Waals surface area contributed by atoms with Crippen LogP contribution in [-0.4, -0.2) is 34.1 Å². The Hall–Kier alpha value is -2.21. The van der Waals surface area contributed by atoms with Crippen LogP contribution >= 0.6 is 0 Å². The zero-order valence-corrected chi connectivity index (χ0v) is 10.9. The Kier molecular flexibility index (Phi) is 3.23. The fourth-order valence-corrected chi connectivity index (χ4v) is 2.51. The summed E-state index contributed by atoms with van der Waals surface area (Å²) in [6, 6.07) is 6.30. The maximum Gasteiger partial charge on any atom is 0.236 e. The molecule has 104 valence electrons. The molecule has 2 heterocycles. The van der Waals surface area contributed by atoms with Gasteiger partial charge in [0.15, 0.2) is 0 Å². The number of hydrogen-bond acceptors (Lipinski definition) is 3. The van der Waals surface area contributed by atoms with E-state index in [0.29, 0.717) is 30.8 Å². The molecule has 0 fully saturated rings. The number of aromatic amines is 1. The van der Waals surface area contributed by atoms with Crippen LogP contribution in [0, 0.1) is 5.82 Å². The summed E-state index contributed by atoms with van der Waals surface area (Å²) in [6.07, 6.45) is 0.712. The number of amides is 1. The third-order valence-electron chi connectivity index (χ3n) is 3.56. The molecule has 3 rings (SSSR count). The van der Waals surface area contributed by atoms with E-state index in [1.807, 2.05) is 6.07 Å². The molecule has 1 aliphatic rings. The quantitative estimate of drug-likeness (QED) is 0.860. The molecule has 1 aromatic heterocycles. The van der Waals surface area contributed by atoms with E-state index >= 15 is 0 Å². The molecule has 0 atom stereocenters. The summed E-state index contributed by atoms with van der Waals surface area (Å²) in [5.74, 6) is -0.382. The minimum absolute atomic E-state index is 0.00246. The van der Waals surface area contributed by atoms with Gasteiger partial charge < -0.3 is 10.6 Å². The Morgan fingerprint density at radius 3 is 3.10 bits per heavy atom. The van der Waals surface area contributed by atoms with E-state index in [1.165, 1.54) is 12.1 Å². The van der Waals surface area contributed by atoms with Gasteiger partial charge in [0.2, 0.25) is 5.91 Å². The Morgan fingerprint density at radius 2 is 2.35 bits per heavy atom. The number of hydrogen-bond donors (Lipinski definition) is 2. The van der Waals surface area contributed by atoms with Gasteiger partial charge in [0.25, 0.3) is 0 Å². The lowest BCUT2D eigenvalue weighted by atomic mass is 10.0. The molecule has 0 saturated heterocycles. The molecule has 0 radical (unpaired) electrons. The summed E-state index contributed by atoms with van der Waals surface area (Å²) >= 11 is 0. The molecule has 0 bridgehead atoms. The maximum absolute atomic E-state index is 13.3. The van der Waals surface area contributed by atoms with E-state index in [9.17, 15) is 9.18 Å². The lowest BCUT2D eigenvalue weighted by Crippen LogP contribution is -2.39. The van der Waals surface area contributed by atoms with Crippen molar-refractivity contribution < 1.29 is 9.18 Å². The molecular weight excluding hydrogens is 259 g/mol. The molecule has 1 aromatic carbocycles. The van der Waals surface area contributed by atoms with Crippen LogP contribution in [0.4, 0.5) is 4.39 Å². The highest BCUT2D eigenvalue weighted by Gasteiger charge is 2.25. The summed E-state index contributed by atoms with van der Waals surface area (Å²) in [5, 5.41) is 7.25. The van der Waals surface area contributed by atoms with Gasteiger partial charge in [-0.25, -0.2) is 4.39 Å². The molecule has 0 saturated carbocycles. The fourth-order valence-electron chi connectivity index (χ4n) is 2.51. The van der Waals surface area contributed by atoms with E-state index in [0.717, 1.165) is 11.3 Å². The van der Waals surface area contributed by atoms with Crippen molar-refractivity contribution in [3.63, 3.8) is 0 Å². The van der Waals surface area contributed by atoms with Gasteiger partial charge in [-0.1, -0.05) is 12.1 Å². The first kappa shape index (κ1) is 12.8. The van der Waals surface area contributed by atoms with Crippen LogP contribution in [0.2, 0.25) is 0 Å². The molecule has 0 unspecified atom stereocenters. The van der Waals surface area contributed by atoms with Crippen LogP contribution in [0.15, 0.2) is 24.3 Å². The Labute approximate surface area is 115 Å². The molecular formula is C14H15FN4O. The van der Waals surface area contributed by atoms with Crippen molar-refractivity contribution in [3.05, 3.63) is 41.3 Å². The van der Waals surface area contributed by atoms with Crippen LogP contribution in [-0.2, 0) is 17.8 Å². The number of carbonyl (C=O) groups is 1. The lowest BCUT2D eigenvalue weighted by Gasteiger charge is -2.26. The second-order valence-electron chi connectivity index (χ2n) is 4.81. The molecule has 1 amide bonds. The molecule has 3 N–H and O–H groups in total. The van der Waals surface area contributed by atoms with Gasteiger partial charge in [-0.15, -0.1) is 0 Å². The highest BCUT2D eigenvalue weighted by atomic mass is 19.1. The van der Waals surface area contributed by atoms with Crippen molar-refractivity contribution in [2.75, 3.05) is 13.1 Å². The smallest absolute Gasteiger partial charge is 0.236 e. The van der Waals surface area contributed by atoms with Crippen LogP contribution in [0.25, 0.3) is 11.3 Å².